The molecule has 0 spiro atoms. The second-order valence-corrected chi connectivity index (χ2v) is 7.11. The second-order valence-electron chi connectivity index (χ2n) is 7.11. The van der Waals surface area contributed by atoms with Crippen molar-refractivity contribution in [2.75, 3.05) is 0 Å². The average Bonchev–Trinajstić information content (AvgIpc) is 2.77. The number of ether oxygens (including phenoxy) is 2. The Labute approximate surface area is 176 Å². The fourth-order valence-electron chi connectivity index (χ4n) is 3.11. The van der Waals surface area contributed by atoms with Gasteiger partial charge in [-0.25, -0.2) is 0 Å². The molecule has 0 atom stereocenters. The highest BCUT2D eigenvalue weighted by molar-refractivity contribution is 6.09. The van der Waals surface area contributed by atoms with E-state index in [9.17, 15) is 4.79 Å². The minimum Gasteiger partial charge on any atom is -0.457 e. The van der Waals surface area contributed by atoms with Crippen molar-refractivity contribution in [1.29, 1.82) is 0 Å². The molecule has 0 aliphatic carbocycles. The van der Waals surface area contributed by atoms with Crippen LogP contribution < -0.4 is 9.47 Å². The molecule has 0 aromatic heterocycles. The van der Waals surface area contributed by atoms with Crippen LogP contribution in [0, 0.1) is 13.8 Å². The van der Waals surface area contributed by atoms with Crippen LogP contribution >= 0.6 is 0 Å². The lowest BCUT2D eigenvalue weighted by Gasteiger charge is -2.10. The molecule has 0 radical (unpaired) electrons. The van der Waals surface area contributed by atoms with E-state index in [0.717, 1.165) is 22.6 Å². The lowest BCUT2D eigenvalue weighted by Crippen LogP contribution is -2.01. The SMILES string of the molecule is Cc1ccccc1Oc1ccc(C(=O)c2ccc(Oc3ccccc3C)cc2)cc1. The van der Waals surface area contributed by atoms with Crippen LogP contribution in [0.5, 0.6) is 23.0 Å². The van der Waals surface area contributed by atoms with Gasteiger partial charge in [0.05, 0.1) is 0 Å². The quantitative estimate of drug-likeness (QED) is 0.327. The molecule has 0 aliphatic heterocycles. The maximum atomic E-state index is 12.8. The minimum absolute atomic E-state index is 0.0418. The molecule has 0 saturated heterocycles. The Bertz CT molecular complexity index is 1070. The molecule has 4 aromatic rings. The zero-order chi connectivity index (χ0) is 20.9. The van der Waals surface area contributed by atoms with E-state index < -0.39 is 0 Å². The first kappa shape index (κ1) is 19.5. The van der Waals surface area contributed by atoms with E-state index in [1.165, 1.54) is 0 Å². The van der Waals surface area contributed by atoms with E-state index in [4.69, 9.17) is 9.47 Å². The third-order valence-electron chi connectivity index (χ3n) is 4.88. The minimum atomic E-state index is -0.0418. The van der Waals surface area contributed by atoms with Gasteiger partial charge >= 0.3 is 0 Å². The van der Waals surface area contributed by atoms with Crippen molar-refractivity contribution >= 4 is 5.78 Å². The van der Waals surface area contributed by atoms with Gasteiger partial charge in [0.2, 0.25) is 0 Å². The third-order valence-corrected chi connectivity index (χ3v) is 4.88. The van der Waals surface area contributed by atoms with Crippen molar-refractivity contribution in [3.05, 3.63) is 119 Å². The second kappa shape index (κ2) is 8.66. The highest BCUT2D eigenvalue weighted by atomic mass is 16.5. The van der Waals surface area contributed by atoms with Gasteiger partial charge in [-0.15, -0.1) is 0 Å². The molecule has 3 nitrogen and oxygen atoms in total. The maximum Gasteiger partial charge on any atom is 0.193 e. The lowest BCUT2D eigenvalue weighted by atomic mass is 10.0. The predicted molar refractivity (Wildman–Crippen MR) is 119 cm³/mol. The number of carbonyl (C=O) groups excluding carboxylic acids is 1. The van der Waals surface area contributed by atoms with E-state index in [1.54, 1.807) is 24.3 Å². The number of rotatable bonds is 6. The molecule has 0 heterocycles. The number of carbonyl (C=O) groups is 1. The molecule has 0 unspecified atom stereocenters. The van der Waals surface area contributed by atoms with Crippen LogP contribution in [0.15, 0.2) is 97.1 Å². The van der Waals surface area contributed by atoms with Crippen molar-refractivity contribution in [3.8, 4) is 23.0 Å². The first-order valence-corrected chi connectivity index (χ1v) is 9.82. The summed E-state index contributed by atoms with van der Waals surface area (Å²) in [5.74, 6) is 2.96. The molecular weight excluding hydrogens is 372 g/mol. The zero-order valence-electron chi connectivity index (χ0n) is 17.0. The molecule has 0 bridgehead atoms. The van der Waals surface area contributed by atoms with Gasteiger partial charge in [0.15, 0.2) is 5.78 Å². The van der Waals surface area contributed by atoms with Crippen molar-refractivity contribution in [1.82, 2.24) is 0 Å². The Morgan fingerprint density at radius 3 is 1.27 bits per heavy atom. The summed E-state index contributed by atoms with van der Waals surface area (Å²) in [6.07, 6.45) is 0. The van der Waals surface area contributed by atoms with Gasteiger partial charge in [-0.1, -0.05) is 36.4 Å². The van der Waals surface area contributed by atoms with E-state index in [-0.39, 0.29) is 5.78 Å². The van der Waals surface area contributed by atoms with E-state index >= 15 is 0 Å². The van der Waals surface area contributed by atoms with Crippen LogP contribution in [-0.2, 0) is 0 Å². The molecule has 0 N–H and O–H groups in total. The van der Waals surface area contributed by atoms with Gasteiger partial charge in [0, 0.05) is 11.1 Å². The Morgan fingerprint density at radius 2 is 0.900 bits per heavy atom. The highest BCUT2D eigenvalue weighted by Crippen LogP contribution is 2.27. The number of para-hydroxylation sites is 2. The number of hydrogen-bond acceptors (Lipinski definition) is 3. The van der Waals surface area contributed by atoms with E-state index in [2.05, 4.69) is 0 Å². The van der Waals surface area contributed by atoms with Crippen LogP contribution in [0.4, 0.5) is 0 Å². The van der Waals surface area contributed by atoms with Crippen LogP contribution in [0.1, 0.15) is 27.0 Å². The Balaban J connectivity index is 1.45. The molecule has 4 aromatic carbocycles. The first-order valence-electron chi connectivity index (χ1n) is 9.82. The number of ketones is 1. The van der Waals surface area contributed by atoms with E-state index in [0.29, 0.717) is 22.6 Å². The summed E-state index contributed by atoms with van der Waals surface area (Å²) in [6.45, 7) is 4.00. The van der Waals surface area contributed by atoms with Crippen molar-refractivity contribution in [2.24, 2.45) is 0 Å². The standard InChI is InChI=1S/C27H22O3/c1-19-7-3-5-9-25(19)29-23-15-11-21(12-16-23)27(28)22-13-17-24(18-14-22)30-26-10-6-4-8-20(26)2/h3-18H,1-2H3. The number of benzene rings is 4. The van der Waals surface area contributed by atoms with Gasteiger partial charge in [-0.3, -0.25) is 4.79 Å². The van der Waals surface area contributed by atoms with Crippen LogP contribution in [-0.4, -0.2) is 5.78 Å². The van der Waals surface area contributed by atoms with Crippen LogP contribution in [0.2, 0.25) is 0 Å². The van der Waals surface area contributed by atoms with Crippen molar-refractivity contribution < 1.29 is 14.3 Å². The fourth-order valence-corrected chi connectivity index (χ4v) is 3.11. The summed E-state index contributed by atoms with van der Waals surface area (Å²) < 4.78 is 11.8. The summed E-state index contributed by atoms with van der Waals surface area (Å²) in [6, 6.07) is 30.1. The smallest absolute Gasteiger partial charge is 0.193 e. The summed E-state index contributed by atoms with van der Waals surface area (Å²) >= 11 is 0. The first-order chi connectivity index (χ1) is 14.6. The predicted octanol–water partition coefficient (Wildman–Crippen LogP) is 7.12. The Hall–Kier alpha value is -3.85. The number of aryl methyl sites for hydroxylation is 2. The number of hydrogen-bond donors (Lipinski definition) is 0. The molecule has 0 saturated carbocycles. The Morgan fingerprint density at radius 1 is 0.533 bits per heavy atom. The van der Waals surface area contributed by atoms with Gasteiger partial charge in [-0.05, 0) is 85.6 Å². The van der Waals surface area contributed by atoms with Crippen LogP contribution in [0.25, 0.3) is 0 Å². The summed E-state index contributed by atoms with van der Waals surface area (Å²) in [7, 11) is 0. The van der Waals surface area contributed by atoms with Gasteiger partial charge in [0.1, 0.15) is 23.0 Å². The topological polar surface area (TPSA) is 35.5 Å². The maximum absolute atomic E-state index is 12.8. The summed E-state index contributed by atoms with van der Waals surface area (Å²) in [4.78, 5) is 12.8. The van der Waals surface area contributed by atoms with Crippen LogP contribution in [0.3, 0.4) is 0 Å². The molecular formula is C27H22O3. The molecule has 3 heteroatoms. The average molecular weight is 394 g/mol. The van der Waals surface area contributed by atoms with Gasteiger partial charge < -0.3 is 9.47 Å². The lowest BCUT2D eigenvalue weighted by molar-refractivity contribution is 0.103. The Kier molecular flexibility index (Phi) is 5.62. The normalized spacial score (nSPS) is 10.5. The molecule has 0 aliphatic rings. The zero-order valence-corrected chi connectivity index (χ0v) is 17.0. The molecule has 0 amide bonds. The van der Waals surface area contributed by atoms with Crippen molar-refractivity contribution in [2.45, 2.75) is 13.8 Å². The van der Waals surface area contributed by atoms with E-state index in [1.807, 2.05) is 86.6 Å². The molecule has 0 fully saturated rings. The molecule has 148 valence electrons. The van der Waals surface area contributed by atoms with Crippen molar-refractivity contribution in [3.63, 3.8) is 0 Å². The highest BCUT2D eigenvalue weighted by Gasteiger charge is 2.10. The van der Waals surface area contributed by atoms with Gasteiger partial charge in [-0.2, -0.15) is 0 Å². The monoisotopic (exact) mass is 394 g/mol. The largest absolute Gasteiger partial charge is 0.457 e. The third kappa shape index (κ3) is 4.41. The summed E-state index contributed by atoms with van der Waals surface area (Å²) in [5, 5.41) is 0. The molecule has 30 heavy (non-hydrogen) atoms. The summed E-state index contributed by atoms with van der Waals surface area (Å²) in [5.41, 5.74) is 3.34. The fraction of sp³-hybridized carbons (Fsp3) is 0.0741. The molecule has 4 rings (SSSR count). The van der Waals surface area contributed by atoms with Gasteiger partial charge in [0.25, 0.3) is 0 Å².